The number of nitrogen functional groups attached to an aromatic ring is 1. The number of aromatic nitrogens is 2. The zero-order valence-corrected chi connectivity index (χ0v) is 17.8. The number of phosphoric acid groups is 3. The van der Waals surface area contributed by atoms with E-state index in [1.165, 1.54) is 6.20 Å². The number of nitrogens with zero attached hydrogens (tertiary/aromatic N) is 2. The number of hydrogen-bond donors (Lipinski definition) is 5. The van der Waals surface area contributed by atoms with Crippen LogP contribution in [-0.2, 0) is 42.3 Å². The molecule has 2 aliphatic rings. The van der Waals surface area contributed by atoms with E-state index < -0.39 is 60.3 Å². The zero-order valence-electron chi connectivity index (χ0n) is 15.1. The summed E-state index contributed by atoms with van der Waals surface area (Å²) >= 11 is 0. The normalized spacial score (nSPS) is 41.8. The fourth-order valence-corrected chi connectivity index (χ4v) is 7.65. The van der Waals surface area contributed by atoms with E-state index in [9.17, 15) is 38.5 Å². The van der Waals surface area contributed by atoms with E-state index >= 15 is 0 Å². The number of aliphatic hydroxyl groups is 2. The molecule has 30 heavy (non-hydrogen) atoms. The zero-order chi connectivity index (χ0) is 22.5. The molecule has 3 heterocycles. The van der Waals surface area contributed by atoms with Crippen LogP contribution in [0.2, 0.25) is 0 Å². The Morgan fingerprint density at radius 2 is 1.77 bits per heavy atom. The molecule has 19 heteroatoms. The molecule has 0 spiro atoms. The van der Waals surface area contributed by atoms with Crippen LogP contribution in [0, 0.1) is 0 Å². The van der Waals surface area contributed by atoms with Crippen molar-refractivity contribution in [3.8, 4) is 0 Å². The molecule has 0 aliphatic carbocycles. The molecule has 0 aromatic carbocycles. The summed E-state index contributed by atoms with van der Waals surface area (Å²) in [7, 11) is -15.6. The Balaban J connectivity index is 1.77. The number of nitrogens with two attached hydrogens (primary N) is 1. The maximum Gasteiger partial charge on any atom is 0.492 e. The number of aryl methyl sites for hydroxylation is 1. The highest BCUT2D eigenvalue weighted by molar-refractivity contribution is 7.74. The van der Waals surface area contributed by atoms with Crippen LogP contribution < -0.4 is 11.4 Å². The van der Waals surface area contributed by atoms with Crippen LogP contribution in [0.3, 0.4) is 0 Å². The Morgan fingerprint density at radius 3 is 2.33 bits per heavy atom. The van der Waals surface area contributed by atoms with Crippen LogP contribution in [0.4, 0.5) is 5.82 Å². The molecule has 2 aliphatic heterocycles. The molecule has 2 saturated heterocycles. The minimum Gasteiger partial charge on any atom is -0.387 e. The van der Waals surface area contributed by atoms with Gasteiger partial charge >= 0.3 is 29.2 Å². The van der Waals surface area contributed by atoms with E-state index in [1.54, 1.807) is 6.92 Å². The maximum absolute atomic E-state index is 12.2. The van der Waals surface area contributed by atoms with Crippen molar-refractivity contribution >= 4 is 29.3 Å². The summed E-state index contributed by atoms with van der Waals surface area (Å²) in [6.07, 6.45) is -4.58. The smallest absolute Gasteiger partial charge is 0.387 e. The molecule has 0 bridgehead atoms. The molecule has 4 unspecified atom stereocenters. The van der Waals surface area contributed by atoms with Crippen molar-refractivity contribution in [1.82, 2.24) is 9.55 Å². The summed E-state index contributed by atoms with van der Waals surface area (Å²) in [6.45, 7) is 0.842. The first kappa shape index (κ1) is 23.7. The molecule has 2 fully saturated rings. The number of anilines is 1. The quantitative estimate of drug-likeness (QED) is 0.322. The second kappa shape index (κ2) is 8.17. The van der Waals surface area contributed by atoms with Crippen molar-refractivity contribution in [1.29, 1.82) is 0 Å². The Bertz CT molecular complexity index is 1000. The molecule has 3 rings (SSSR count). The summed E-state index contributed by atoms with van der Waals surface area (Å²) in [5, 5.41) is 20.4. The van der Waals surface area contributed by atoms with Crippen molar-refractivity contribution < 1.29 is 55.9 Å². The molecule has 6 N–H and O–H groups in total. The number of ether oxygens (including phenoxy) is 1. The molecular formula is C11H18N3O13P3. The van der Waals surface area contributed by atoms with Crippen LogP contribution in [0.1, 0.15) is 18.7 Å². The lowest BCUT2D eigenvalue weighted by atomic mass is 10.1. The molecule has 1 aromatic rings. The van der Waals surface area contributed by atoms with Gasteiger partial charge in [0.15, 0.2) is 6.23 Å². The third kappa shape index (κ3) is 4.91. The second-order valence-electron chi connectivity index (χ2n) is 6.17. The SMILES string of the molecule is CCc1cn([C@@H]2O[C@H](COP3(=O)OP(=O)(O)OP(=O)(O)O3)C(O)C2O)c(=O)nc1N. The average Bonchev–Trinajstić information content (AvgIpc) is 2.85. The van der Waals surface area contributed by atoms with Gasteiger partial charge in [0.1, 0.15) is 24.1 Å². The third-order valence-corrected chi connectivity index (χ3v) is 9.43. The molecule has 1 aromatic heterocycles. The van der Waals surface area contributed by atoms with Gasteiger partial charge in [-0.05, 0) is 6.42 Å². The first-order valence-electron chi connectivity index (χ1n) is 8.19. The first-order chi connectivity index (χ1) is 13.8. The summed E-state index contributed by atoms with van der Waals surface area (Å²) in [5.41, 5.74) is 5.21. The fourth-order valence-electron chi connectivity index (χ4n) is 2.71. The van der Waals surface area contributed by atoms with E-state index in [0.29, 0.717) is 12.0 Å². The van der Waals surface area contributed by atoms with Gasteiger partial charge in [-0.2, -0.15) is 17.9 Å². The number of rotatable bonds is 5. The summed E-state index contributed by atoms with van der Waals surface area (Å²) in [6, 6.07) is 0. The van der Waals surface area contributed by atoms with Gasteiger partial charge in [0, 0.05) is 11.8 Å². The van der Waals surface area contributed by atoms with E-state index in [2.05, 4.69) is 22.4 Å². The van der Waals surface area contributed by atoms with Crippen molar-refractivity contribution in [2.24, 2.45) is 0 Å². The molecular weight excluding hydrogens is 475 g/mol. The topological polar surface area (TPSA) is 239 Å². The summed E-state index contributed by atoms with van der Waals surface area (Å²) < 4.78 is 57.9. The molecule has 0 radical (unpaired) electrons. The minimum absolute atomic E-state index is 0.0135. The van der Waals surface area contributed by atoms with Gasteiger partial charge in [-0.1, -0.05) is 6.92 Å². The van der Waals surface area contributed by atoms with E-state index in [0.717, 1.165) is 4.57 Å². The Labute approximate surface area is 168 Å². The van der Waals surface area contributed by atoms with Crippen LogP contribution in [-0.4, -0.2) is 54.5 Å². The van der Waals surface area contributed by atoms with Gasteiger partial charge in [-0.25, -0.2) is 18.5 Å². The summed E-state index contributed by atoms with van der Waals surface area (Å²) in [4.78, 5) is 34.1. The predicted molar refractivity (Wildman–Crippen MR) is 94.7 cm³/mol. The lowest BCUT2D eigenvalue weighted by Crippen LogP contribution is -2.36. The van der Waals surface area contributed by atoms with Crippen LogP contribution in [0.5, 0.6) is 0 Å². The molecule has 0 saturated carbocycles. The van der Waals surface area contributed by atoms with E-state index in [-0.39, 0.29) is 5.82 Å². The maximum atomic E-state index is 12.2. The highest BCUT2D eigenvalue weighted by atomic mass is 31.3. The minimum atomic E-state index is -5.24. The summed E-state index contributed by atoms with van der Waals surface area (Å²) in [5.74, 6) is -0.0135. The molecule has 16 nitrogen and oxygen atoms in total. The average molecular weight is 493 g/mol. The highest BCUT2D eigenvalue weighted by Gasteiger charge is 2.55. The number of aliphatic hydroxyl groups excluding tert-OH is 2. The predicted octanol–water partition coefficient (Wildman–Crippen LogP) is -0.604. The van der Waals surface area contributed by atoms with Crippen molar-refractivity contribution in [2.45, 2.75) is 37.9 Å². The van der Waals surface area contributed by atoms with Gasteiger partial charge in [0.2, 0.25) is 0 Å². The monoisotopic (exact) mass is 493 g/mol. The van der Waals surface area contributed by atoms with Crippen molar-refractivity contribution in [2.75, 3.05) is 12.3 Å². The molecule has 6 atom stereocenters. The van der Waals surface area contributed by atoms with Crippen LogP contribution in [0.25, 0.3) is 0 Å². The Morgan fingerprint density at radius 1 is 1.17 bits per heavy atom. The van der Waals surface area contributed by atoms with Crippen molar-refractivity contribution in [3.63, 3.8) is 0 Å². The van der Waals surface area contributed by atoms with Gasteiger partial charge < -0.3 is 30.5 Å². The first-order valence-corrected chi connectivity index (χ1v) is 12.6. The lowest BCUT2D eigenvalue weighted by Gasteiger charge is -2.27. The van der Waals surface area contributed by atoms with E-state index in [1.807, 2.05) is 0 Å². The van der Waals surface area contributed by atoms with Crippen LogP contribution in [0.15, 0.2) is 11.0 Å². The van der Waals surface area contributed by atoms with Gasteiger partial charge in [-0.15, -0.1) is 0 Å². The lowest BCUT2D eigenvalue weighted by molar-refractivity contribution is -0.0545. The highest BCUT2D eigenvalue weighted by Crippen LogP contribution is 2.80. The van der Waals surface area contributed by atoms with Crippen molar-refractivity contribution in [3.05, 3.63) is 22.2 Å². The fraction of sp³-hybridized carbons (Fsp3) is 0.636. The molecule has 0 amide bonds. The Kier molecular flexibility index (Phi) is 6.45. The van der Waals surface area contributed by atoms with Gasteiger partial charge in [0.05, 0.1) is 6.61 Å². The Hall–Kier alpha value is -0.990. The van der Waals surface area contributed by atoms with Crippen LogP contribution >= 0.6 is 23.5 Å². The van der Waals surface area contributed by atoms with E-state index in [4.69, 9.17) is 10.5 Å². The van der Waals surface area contributed by atoms with Gasteiger partial charge in [0.25, 0.3) is 0 Å². The third-order valence-electron chi connectivity index (χ3n) is 4.06. The largest absolute Gasteiger partial charge is 0.492 e. The standard InChI is InChI=1S/C11H18N3O13P3/c1-2-5-3-14(11(17)13-9(5)12)10-8(16)7(15)6(24-10)4-23-30(22)26-28(18,19)25-29(20,21)27-30/h3,6-8,10,15-16H,2,4H2,1H3,(H,18,19)(H,20,21)(H2,12,13,17)/t6-,7?,8?,10-/m1/s1. The second-order valence-corrected chi connectivity index (χ2v) is 11.2. The number of hydrogen-bond acceptors (Lipinski definition) is 13. The molecule has 170 valence electrons. The van der Waals surface area contributed by atoms with Gasteiger partial charge in [-0.3, -0.25) is 9.09 Å².